The molecule has 0 unspecified atom stereocenters. The van der Waals surface area contributed by atoms with Gasteiger partial charge in [0.05, 0.1) is 19.4 Å². The van der Waals surface area contributed by atoms with Gasteiger partial charge in [0.25, 0.3) is 0 Å². The van der Waals surface area contributed by atoms with Crippen LogP contribution in [-0.4, -0.2) is 32.2 Å². The van der Waals surface area contributed by atoms with E-state index in [0.717, 1.165) is 16.9 Å². The molecule has 1 fully saturated rings. The van der Waals surface area contributed by atoms with Gasteiger partial charge in [-0.2, -0.15) is 0 Å². The molecule has 0 spiro atoms. The number of carbonyl (C=O) groups excluding carboxylic acids is 2. The highest BCUT2D eigenvalue weighted by atomic mass is 16.6. The van der Waals surface area contributed by atoms with Crippen molar-refractivity contribution in [3.05, 3.63) is 53.6 Å². The van der Waals surface area contributed by atoms with Crippen LogP contribution in [0.2, 0.25) is 0 Å². The highest BCUT2D eigenvalue weighted by Gasteiger charge is 2.41. The van der Waals surface area contributed by atoms with Crippen LogP contribution in [0.3, 0.4) is 0 Å². The molecule has 2 atom stereocenters. The van der Waals surface area contributed by atoms with Gasteiger partial charge < -0.3 is 24.3 Å². The lowest BCUT2D eigenvalue weighted by Gasteiger charge is -2.22. The summed E-state index contributed by atoms with van der Waals surface area (Å²) in [5.41, 5.74) is 1.63. The standard InChI is InChI=1S/C21H21NO6/c1-25-15-4-2-3-13(9-15)12-22-21(24)16-11-19(23)28-20(16)14-5-6-17-18(10-14)27-8-7-26-17/h2-6,9-10,16,20H,7-8,11-12H2,1H3,(H,22,24)/t16-,20+/m0/s1. The Kier molecular flexibility index (Phi) is 5.06. The van der Waals surface area contributed by atoms with Crippen molar-refractivity contribution >= 4 is 11.9 Å². The van der Waals surface area contributed by atoms with E-state index in [9.17, 15) is 9.59 Å². The molecule has 1 amide bonds. The van der Waals surface area contributed by atoms with Gasteiger partial charge in [-0.25, -0.2) is 0 Å². The van der Waals surface area contributed by atoms with E-state index < -0.39 is 12.0 Å². The van der Waals surface area contributed by atoms with E-state index in [-0.39, 0.29) is 18.3 Å². The Labute approximate surface area is 162 Å². The smallest absolute Gasteiger partial charge is 0.307 e. The van der Waals surface area contributed by atoms with E-state index >= 15 is 0 Å². The first-order chi connectivity index (χ1) is 13.6. The lowest BCUT2D eigenvalue weighted by molar-refractivity contribution is -0.141. The molecule has 0 radical (unpaired) electrons. The van der Waals surface area contributed by atoms with Gasteiger partial charge in [-0.05, 0) is 35.4 Å². The van der Waals surface area contributed by atoms with Crippen LogP contribution in [-0.2, 0) is 20.9 Å². The molecule has 0 aliphatic carbocycles. The molecule has 4 rings (SSSR count). The average Bonchev–Trinajstić information content (AvgIpc) is 3.13. The minimum atomic E-state index is -0.645. The summed E-state index contributed by atoms with van der Waals surface area (Å²) >= 11 is 0. The second-order valence-electron chi connectivity index (χ2n) is 6.69. The summed E-state index contributed by atoms with van der Waals surface area (Å²) in [4.78, 5) is 24.7. The SMILES string of the molecule is COc1cccc(CNC(=O)[C@H]2CC(=O)O[C@@H]2c2ccc3c(c2)OCCO3)c1. The molecular weight excluding hydrogens is 362 g/mol. The fourth-order valence-electron chi connectivity index (χ4n) is 3.43. The topological polar surface area (TPSA) is 83.1 Å². The van der Waals surface area contributed by atoms with Gasteiger partial charge in [-0.1, -0.05) is 18.2 Å². The maximum atomic E-state index is 12.8. The molecule has 2 aliphatic rings. The fraction of sp³-hybridized carbons (Fsp3) is 0.333. The van der Waals surface area contributed by atoms with Gasteiger partial charge in [-0.3, -0.25) is 9.59 Å². The second-order valence-corrected chi connectivity index (χ2v) is 6.69. The Morgan fingerprint density at radius 3 is 2.79 bits per heavy atom. The highest BCUT2D eigenvalue weighted by molar-refractivity contribution is 5.87. The highest BCUT2D eigenvalue weighted by Crippen LogP contribution is 2.40. The third-order valence-corrected chi connectivity index (χ3v) is 4.84. The first-order valence-electron chi connectivity index (χ1n) is 9.14. The number of amides is 1. The summed E-state index contributed by atoms with van der Waals surface area (Å²) in [7, 11) is 1.59. The van der Waals surface area contributed by atoms with E-state index in [4.69, 9.17) is 18.9 Å². The van der Waals surface area contributed by atoms with Crippen molar-refractivity contribution in [3.8, 4) is 17.2 Å². The van der Waals surface area contributed by atoms with Crippen molar-refractivity contribution in [3.63, 3.8) is 0 Å². The Hall–Kier alpha value is -3.22. The zero-order chi connectivity index (χ0) is 19.5. The normalized spacial score (nSPS) is 20.4. The fourth-order valence-corrected chi connectivity index (χ4v) is 3.43. The molecular formula is C21H21NO6. The summed E-state index contributed by atoms with van der Waals surface area (Å²) in [6.07, 6.45) is -0.600. The summed E-state index contributed by atoms with van der Waals surface area (Å²) in [6, 6.07) is 12.8. The van der Waals surface area contributed by atoms with Crippen LogP contribution in [0.4, 0.5) is 0 Å². The summed E-state index contributed by atoms with van der Waals surface area (Å²) in [5, 5.41) is 2.89. The third-order valence-electron chi connectivity index (χ3n) is 4.84. The van der Waals surface area contributed by atoms with Crippen molar-refractivity contribution in [2.45, 2.75) is 19.1 Å². The number of rotatable bonds is 5. The van der Waals surface area contributed by atoms with E-state index in [0.29, 0.717) is 31.3 Å². The zero-order valence-electron chi connectivity index (χ0n) is 15.5. The minimum Gasteiger partial charge on any atom is -0.497 e. The molecule has 0 saturated carbocycles. The van der Waals surface area contributed by atoms with Gasteiger partial charge in [-0.15, -0.1) is 0 Å². The number of ether oxygens (including phenoxy) is 4. The van der Waals surface area contributed by atoms with Crippen LogP contribution in [0.15, 0.2) is 42.5 Å². The van der Waals surface area contributed by atoms with Crippen LogP contribution in [0, 0.1) is 5.92 Å². The van der Waals surface area contributed by atoms with Gasteiger partial charge in [0.2, 0.25) is 5.91 Å². The van der Waals surface area contributed by atoms with Crippen LogP contribution in [0.5, 0.6) is 17.2 Å². The lowest BCUT2D eigenvalue weighted by atomic mass is 9.94. The largest absolute Gasteiger partial charge is 0.497 e. The molecule has 2 aromatic carbocycles. The molecule has 2 heterocycles. The summed E-state index contributed by atoms with van der Waals surface area (Å²) in [6.45, 7) is 1.31. The maximum Gasteiger partial charge on any atom is 0.307 e. The van der Waals surface area contributed by atoms with Crippen molar-refractivity contribution in [1.29, 1.82) is 0 Å². The molecule has 2 aliphatic heterocycles. The molecule has 0 aromatic heterocycles. The molecule has 28 heavy (non-hydrogen) atoms. The first-order valence-corrected chi connectivity index (χ1v) is 9.14. The van der Waals surface area contributed by atoms with Crippen molar-refractivity contribution in [2.75, 3.05) is 20.3 Å². The number of esters is 1. The van der Waals surface area contributed by atoms with Crippen LogP contribution >= 0.6 is 0 Å². The Morgan fingerprint density at radius 1 is 1.14 bits per heavy atom. The lowest BCUT2D eigenvalue weighted by Crippen LogP contribution is -2.32. The van der Waals surface area contributed by atoms with Gasteiger partial charge in [0, 0.05) is 6.54 Å². The van der Waals surface area contributed by atoms with E-state index in [1.54, 1.807) is 25.3 Å². The number of fused-ring (bicyclic) bond motifs is 1. The molecule has 7 heteroatoms. The Bertz CT molecular complexity index is 896. The number of carbonyl (C=O) groups is 2. The molecule has 7 nitrogen and oxygen atoms in total. The molecule has 2 aromatic rings. The molecule has 0 bridgehead atoms. The molecule has 1 saturated heterocycles. The average molecular weight is 383 g/mol. The van der Waals surface area contributed by atoms with Crippen molar-refractivity contribution in [1.82, 2.24) is 5.32 Å². The number of methoxy groups -OCH3 is 1. The number of benzene rings is 2. The van der Waals surface area contributed by atoms with Crippen LogP contribution in [0.25, 0.3) is 0 Å². The minimum absolute atomic E-state index is 0.0447. The number of hydrogen-bond acceptors (Lipinski definition) is 6. The van der Waals surface area contributed by atoms with Gasteiger partial charge in [0.1, 0.15) is 25.1 Å². The van der Waals surface area contributed by atoms with E-state index in [2.05, 4.69) is 5.32 Å². The van der Waals surface area contributed by atoms with Crippen molar-refractivity contribution < 1.29 is 28.5 Å². The zero-order valence-corrected chi connectivity index (χ0v) is 15.5. The predicted molar refractivity (Wildman–Crippen MR) is 99.2 cm³/mol. The quantitative estimate of drug-likeness (QED) is 0.799. The van der Waals surface area contributed by atoms with E-state index in [1.807, 2.05) is 24.3 Å². The number of nitrogens with one attached hydrogen (secondary N) is 1. The summed E-state index contributed by atoms with van der Waals surface area (Å²) in [5.74, 6) is 0.761. The monoisotopic (exact) mass is 383 g/mol. The van der Waals surface area contributed by atoms with Crippen LogP contribution < -0.4 is 19.5 Å². The Morgan fingerprint density at radius 2 is 1.96 bits per heavy atom. The van der Waals surface area contributed by atoms with Crippen LogP contribution in [0.1, 0.15) is 23.7 Å². The maximum absolute atomic E-state index is 12.8. The Balaban J connectivity index is 1.47. The predicted octanol–water partition coefficient (Wildman–Crippen LogP) is 2.39. The second kappa shape index (κ2) is 7.80. The van der Waals surface area contributed by atoms with E-state index in [1.165, 1.54) is 0 Å². The van der Waals surface area contributed by atoms with Gasteiger partial charge in [0.15, 0.2) is 11.5 Å². The molecule has 1 N–H and O–H groups in total. The van der Waals surface area contributed by atoms with Crippen molar-refractivity contribution in [2.24, 2.45) is 5.92 Å². The molecule has 146 valence electrons. The summed E-state index contributed by atoms with van der Waals surface area (Å²) < 4.78 is 21.8. The third kappa shape index (κ3) is 3.74. The number of hydrogen-bond donors (Lipinski definition) is 1. The van der Waals surface area contributed by atoms with Gasteiger partial charge >= 0.3 is 5.97 Å². The first kappa shape index (κ1) is 18.2. The number of cyclic esters (lactones) is 1.